The van der Waals surface area contributed by atoms with Crippen LogP contribution in [0, 0.1) is 0 Å². The first-order valence-corrected chi connectivity index (χ1v) is 6.43. The van der Waals surface area contributed by atoms with E-state index in [0.29, 0.717) is 6.54 Å². The lowest BCUT2D eigenvalue weighted by atomic mass is 10.4. The van der Waals surface area contributed by atoms with Crippen molar-refractivity contribution in [2.24, 2.45) is 0 Å². The van der Waals surface area contributed by atoms with Gasteiger partial charge in [0.2, 0.25) is 0 Å². The zero-order chi connectivity index (χ0) is 15.4. The van der Waals surface area contributed by atoms with Gasteiger partial charge in [-0.2, -0.15) is 0 Å². The number of likely N-dealkylation sites (N-methyl/N-ethyl adjacent to an activating group) is 1. The molecule has 0 fully saturated rings. The fraction of sp³-hybridized carbons (Fsp3) is 0.750. The molecule has 1 atom stereocenters. The third-order valence-corrected chi connectivity index (χ3v) is 2.06. The summed E-state index contributed by atoms with van der Waals surface area (Å²) in [6.45, 7) is 3.50. The van der Waals surface area contributed by atoms with Crippen LogP contribution in [0.2, 0.25) is 0 Å². The minimum atomic E-state index is -0.825. The van der Waals surface area contributed by atoms with Crippen molar-refractivity contribution in [3.63, 3.8) is 0 Å². The van der Waals surface area contributed by atoms with Gasteiger partial charge in [-0.1, -0.05) is 6.92 Å². The SMILES string of the molecule is CCNC(=O)OCC(COC(=O)CC)OC(=O)CNC. The maximum atomic E-state index is 11.4. The number of hydrogen-bond acceptors (Lipinski definition) is 7. The molecule has 1 amide bonds. The standard InChI is InChI=1S/C12H22N2O6/c1-4-10(15)18-7-9(20-11(16)6-13-3)8-19-12(17)14-5-2/h9,13H,4-8H2,1-3H3,(H,14,17). The van der Waals surface area contributed by atoms with E-state index in [4.69, 9.17) is 14.2 Å². The normalized spacial score (nSPS) is 11.3. The maximum absolute atomic E-state index is 11.4. The van der Waals surface area contributed by atoms with Crippen LogP contribution < -0.4 is 10.6 Å². The van der Waals surface area contributed by atoms with Crippen LogP contribution in [0.4, 0.5) is 4.79 Å². The van der Waals surface area contributed by atoms with Crippen molar-refractivity contribution in [3.8, 4) is 0 Å². The molecule has 0 rings (SSSR count). The number of carbonyl (C=O) groups is 3. The molecule has 20 heavy (non-hydrogen) atoms. The topological polar surface area (TPSA) is 103 Å². The third kappa shape index (κ3) is 9.15. The van der Waals surface area contributed by atoms with Crippen molar-refractivity contribution in [1.82, 2.24) is 10.6 Å². The van der Waals surface area contributed by atoms with Gasteiger partial charge in [-0.15, -0.1) is 0 Å². The van der Waals surface area contributed by atoms with Gasteiger partial charge in [-0.05, 0) is 14.0 Å². The van der Waals surface area contributed by atoms with Gasteiger partial charge >= 0.3 is 18.0 Å². The molecule has 0 aliphatic carbocycles. The molecule has 0 aliphatic rings. The summed E-state index contributed by atoms with van der Waals surface area (Å²) in [7, 11) is 1.60. The number of hydrogen-bond donors (Lipinski definition) is 2. The van der Waals surface area contributed by atoms with Gasteiger partial charge in [0.25, 0.3) is 0 Å². The molecule has 116 valence electrons. The first-order chi connectivity index (χ1) is 9.53. The van der Waals surface area contributed by atoms with Gasteiger partial charge in [0.05, 0.1) is 6.54 Å². The lowest BCUT2D eigenvalue weighted by Gasteiger charge is -2.18. The van der Waals surface area contributed by atoms with Gasteiger partial charge < -0.3 is 24.8 Å². The highest BCUT2D eigenvalue weighted by atomic mass is 16.6. The Hall–Kier alpha value is -1.83. The van der Waals surface area contributed by atoms with Crippen molar-refractivity contribution >= 4 is 18.0 Å². The van der Waals surface area contributed by atoms with Crippen LogP contribution in [0.15, 0.2) is 0 Å². The summed E-state index contributed by atoms with van der Waals surface area (Å²) in [6.07, 6.45) is -1.23. The van der Waals surface area contributed by atoms with Crippen molar-refractivity contribution in [2.45, 2.75) is 26.4 Å². The Morgan fingerprint density at radius 2 is 1.70 bits per heavy atom. The molecule has 2 N–H and O–H groups in total. The van der Waals surface area contributed by atoms with Crippen LogP contribution in [-0.2, 0) is 23.8 Å². The van der Waals surface area contributed by atoms with E-state index < -0.39 is 24.1 Å². The fourth-order valence-electron chi connectivity index (χ4n) is 1.14. The van der Waals surface area contributed by atoms with Crippen molar-refractivity contribution in [1.29, 1.82) is 0 Å². The van der Waals surface area contributed by atoms with Crippen LogP contribution in [0.3, 0.4) is 0 Å². The van der Waals surface area contributed by atoms with E-state index in [1.165, 1.54) is 0 Å². The Morgan fingerprint density at radius 1 is 1.05 bits per heavy atom. The molecular formula is C12H22N2O6. The highest BCUT2D eigenvalue weighted by molar-refractivity contribution is 5.72. The average molecular weight is 290 g/mol. The van der Waals surface area contributed by atoms with Gasteiger partial charge in [0.15, 0.2) is 6.10 Å². The lowest BCUT2D eigenvalue weighted by Crippen LogP contribution is -2.35. The van der Waals surface area contributed by atoms with Gasteiger partial charge in [0.1, 0.15) is 13.2 Å². The van der Waals surface area contributed by atoms with Crippen molar-refractivity contribution in [2.75, 3.05) is 33.4 Å². The van der Waals surface area contributed by atoms with Crippen molar-refractivity contribution in [3.05, 3.63) is 0 Å². The number of nitrogens with one attached hydrogen (secondary N) is 2. The first-order valence-electron chi connectivity index (χ1n) is 6.43. The van der Waals surface area contributed by atoms with Crippen LogP contribution in [0.25, 0.3) is 0 Å². The highest BCUT2D eigenvalue weighted by Crippen LogP contribution is 1.98. The average Bonchev–Trinajstić information content (AvgIpc) is 2.42. The van der Waals surface area contributed by atoms with E-state index in [1.807, 2.05) is 0 Å². The molecule has 0 aromatic carbocycles. The third-order valence-electron chi connectivity index (χ3n) is 2.06. The summed E-state index contributed by atoms with van der Waals surface area (Å²) in [4.78, 5) is 33.6. The number of rotatable bonds is 9. The van der Waals surface area contributed by atoms with Crippen LogP contribution >= 0.6 is 0 Å². The van der Waals surface area contributed by atoms with E-state index in [9.17, 15) is 14.4 Å². The molecule has 8 heteroatoms. The van der Waals surface area contributed by atoms with Crippen LogP contribution in [0.5, 0.6) is 0 Å². The Bertz CT molecular complexity index is 321. The second-order valence-electron chi connectivity index (χ2n) is 3.81. The zero-order valence-corrected chi connectivity index (χ0v) is 12.1. The Balaban J connectivity index is 4.26. The molecular weight excluding hydrogens is 268 g/mol. The molecule has 0 aliphatic heterocycles. The number of alkyl carbamates (subject to hydrolysis) is 1. The summed E-state index contributed by atoms with van der Waals surface area (Å²) < 4.78 is 14.8. The summed E-state index contributed by atoms with van der Waals surface area (Å²) >= 11 is 0. The predicted octanol–water partition coefficient (Wildman–Crippen LogP) is -0.183. The fourth-order valence-corrected chi connectivity index (χ4v) is 1.14. The smallest absolute Gasteiger partial charge is 0.407 e. The molecule has 1 unspecified atom stereocenters. The van der Waals surface area contributed by atoms with Crippen LogP contribution in [-0.4, -0.2) is 57.5 Å². The first kappa shape index (κ1) is 18.2. The second-order valence-corrected chi connectivity index (χ2v) is 3.81. The van der Waals surface area contributed by atoms with E-state index in [1.54, 1.807) is 20.9 Å². The van der Waals surface area contributed by atoms with Gasteiger partial charge in [-0.25, -0.2) is 4.79 Å². The number of ether oxygens (including phenoxy) is 3. The van der Waals surface area contributed by atoms with Crippen LogP contribution in [0.1, 0.15) is 20.3 Å². The minimum absolute atomic E-state index is 0.0133. The molecule has 0 saturated heterocycles. The number of amides is 1. The summed E-state index contributed by atoms with van der Waals surface area (Å²) in [6, 6.07) is 0. The summed E-state index contributed by atoms with van der Waals surface area (Å²) in [5, 5.41) is 5.07. The largest absolute Gasteiger partial charge is 0.462 e. The second kappa shape index (κ2) is 11.0. The predicted molar refractivity (Wildman–Crippen MR) is 70.1 cm³/mol. The molecule has 0 spiro atoms. The molecule has 0 aromatic rings. The molecule has 0 saturated carbocycles. The Morgan fingerprint density at radius 3 is 2.25 bits per heavy atom. The van der Waals surface area contributed by atoms with Gasteiger partial charge in [0, 0.05) is 13.0 Å². The summed E-state index contributed by atoms with van der Waals surface area (Å²) in [5.74, 6) is -0.942. The quantitative estimate of drug-likeness (QED) is 0.448. The Labute approximate surface area is 118 Å². The Kier molecular flexibility index (Phi) is 10.0. The monoisotopic (exact) mass is 290 g/mol. The molecule has 0 heterocycles. The minimum Gasteiger partial charge on any atom is -0.462 e. The van der Waals surface area contributed by atoms with E-state index in [-0.39, 0.29) is 26.2 Å². The molecule has 0 radical (unpaired) electrons. The van der Waals surface area contributed by atoms with E-state index >= 15 is 0 Å². The lowest BCUT2D eigenvalue weighted by molar-refractivity contribution is -0.160. The van der Waals surface area contributed by atoms with Gasteiger partial charge in [-0.3, -0.25) is 9.59 Å². The highest BCUT2D eigenvalue weighted by Gasteiger charge is 2.18. The van der Waals surface area contributed by atoms with E-state index in [0.717, 1.165) is 0 Å². The van der Waals surface area contributed by atoms with E-state index in [2.05, 4.69) is 10.6 Å². The zero-order valence-electron chi connectivity index (χ0n) is 12.1. The number of carbonyl (C=O) groups excluding carboxylic acids is 3. The maximum Gasteiger partial charge on any atom is 0.407 e. The molecule has 0 aromatic heterocycles. The number of esters is 2. The molecule has 0 bridgehead atoms. The van der Waals surface area contributed by atoms with Crippen molar-refractivity contribution < 1.29 is 28.6 Å². The summed E-state index contributed by atoms with van der Waals surface area (Å²) in [5.41, 5.74) is 0. The molecule has 8 nitrogen and oxygen atoms in total.